The highest BCUT2D eigenvalue weighted by Gasteiger charge is 2.04. The van der Waals surface area contributed by atoms with E-state index in [1.54, 1.807) is 0 Å². The van der Waals surface area contributed by atoms with Crippen LogP contribution in [0.4, 0.5) is 0 Å². The highest BCUT2D eigenvalue weighted by atomic mass is 79.9. The van der Waals surface area contributed by atoms with Gasteiger partial charge in [-0.3, -0.25) is 0 Å². The Bertz CT molecular complexity index is 324. The van der Waals surface area contributed by atoms with E-state index in [0.717, 1.165) is 34.1 Å². The van der Waals surface area contributed by atoms with E-state index < -0.39 is 0 Å². The minimum Gasteiger partial charge on any atom is -0.312 e. The first-order valence-corrected chi connectivity index (χ1v) is 6.99. The summed E-state index contributed by atoms with van der Waals surface area (Å²) < 4.78 is 1.03. The molecular weight excluding hydrogens is 286 g/mol. The van der Waals surface area contributed by atoms with Gasteiger partial charge in [0.25, 0.3) is 0 Å². The Kier molecular flexibility index (Phi) is 6.40. The molecule has 0 fully saturated rings. The fourth-order valence-electron chi connectivity index (χ4n) is 1.65. The normalized spacial score (nSPS) is 11.1. The summed E-state index contributed by atoms with van der Waals surface area (Å²) in [6.45, 7) is 6.40. The van der Waals surface area contributed by atoms with Crippen LogP contribution < -0.4 is 5.32 Å². The second kappa shape index (κ2) is 7.31. The summed E-state index contributed by atoms with van der Waals surface area (Å²) >= 11 is 9.55. The highest BCUT2D eigenvalue weighted by molar-refractivity contribution is 9.10. The van der Waals surface area contributed by atoms with Crippen LogP contribution in [0.2, 0.25) is 5.02 Å². The topological polar surface area (TPSA) is 12.0 Å². The summed E-state index contributed by atoms with van der Waals surface area (Å²) in [5.41, 5.74) is 1.16. The van der Waals surface area contributed by atoms with E-state index in [2.05, 4.69) is 41.2 Å². The van der Waals surface area contributed by atoms with E-state index in [0.29, 0.717) is 0 Å². The Balaban J connectivity index is 2.42. The Morgan fingerprint density at radius 3 is 2.56 bits per heavy atom. The minimum atomic E-state index is 0.772. The van der Waals surface area contributed by atoms with Crippen LogP contribution in [0.1, 0.15) is 32.3 Å². The average Bonchev–Trinajstić information content (AvgIpc) is 2.27. The van der Waals surface area contributed by atoms with Crippen molar-refractivity contribution in [1.82, 2.24) is 5.32 Å². The zero-order valence-electron chi connectivity index (χ0n) is 9.89. The number of halogens is 2. The summed E-state index contributed by atoms with van der Waals surface area (Å²) in [6.07, 6.45) is 2.47. The van der Waals surface area contributed by atoms with Crippen molar-refractivity contribution in [2.75, 3.05) is 6.54 Å². The molecule has 0 spiro atoms. The molecule has 0 heterocycles. The number of hydrogen-bond donors (Lipinski definition) is 1. The predicted molar refractivity (Wildman–Crippen MR) is 74.9 cm³/mol. The van der Waals surface area contributed by atoms with E-state index in [1.165, 1.54) is 12.8 Å². The molecule has 16 heavy (non-hydrogen) atoms. The number of hydrogen-bond acceptors (Lipinski definition) is 1. The zero-order valence-corrected chi connectivity index (χ0v) is 12.2. The Labute approximate surface area is 112 Å². The highest BCUT2D eigenvalue weighted by Crippen LogP contribution is 2.21. The fraction of sp³-hybridized carbons (Fsp3) is 0.538. The van der Waals surface area contributed by atoms with Crippen LogP contribution in [-0.4, -0.2) is 6.54 Å². The fourth-order valence-corrected chi connectivity index (χ4v) is 2.39. The Morgan fingerprint density at radius 1 is 1.31 bits per heavy atom. The SMILES string of the molecule is CCC(CC)CNCc1ccc(Br)cc1Cl. The summed E-state index contributed by atoms with van der Waals surface area (Å²) in [4.78, 5) is 0. The van der Waals surface area contributed by atoms with Gasteiger partial charge in [0.1, 0.15) is 0 Å². The third-order valence-electron chi connectivity index (χ3n) is 2.92. The number of benzene rings is 1. The van der Waals surface area contributed by atoms with Gasteiger partial charge in [-0.05, 0) is 30.2 Å². The van der Waals surface area contributed by atoms with Gasteiger partial charge >= 0.3 is 0 Å². The van der Waals surface area contributed by atoms with Crippen LogP contribution in [0.3, 0.4) is 0 Å². The third kappa shape index (κ3) is 4.44. The molecule has 1 nitrogen and oxygen atoms in total. The lowest BCUT2D eigenvalue weighted by molar-refractivity contribution is 0.449. The van der Waals surface area contributed by atoms with Gasteiger partial charge in [-0.1, -0.05) is 60.3 Å². The lowest BCUT2D eigenvalue weighted by Gasteiger charge is -2.13. The maximum absolute atomic E-state index is 6.14. The molecule has 1 rings (SSSR count). The van der Waals surface area contributed by atoms with Gasteiger partial charge in [0.05, 0.1) is 0 Å². The van der Waals surface area contributed by atoms with Crippen molar-refractivity contribution in [3.05, 3.63) is 33.3 Å². The smallest absolute Gasteiger partial charge is 0.0462 e. The van der Waals surface area contributed by atoms with E-state index in [4.69, 9.17) is 11.6 Å². The van der Waals surface area contributed by atoms with E-state index in [-0.39, 0.29) is 0 Å². The second-order valence-corrected chi connectivity index (χ2v) is 5.37. The number of rotatable bonds is 6. The van der Waals surface area contributed by atoms with E-state index >= 15 is 0 Å². The first kappa shape index (κ1) is 14.0. The van der Waals surface area contributed by atoms with Gasteiger partial charge in [0.15, 0.2) is 0 Å². The molecular formula is C13H19BrClN. The molecule has 3 heteroatoms. The molecule has 0 aliphatic carbocycles. The van der Waals surface area contributed by atoms with Crippen molar-refractivity contribution in [3.8, 4) is 0 Å². The molecule has 1 N–H and O–H groups in total. The van der Waals surface area contributed by atoms with Gasteiger partial charge in [0.2, 0.25) is 0 Å². The Morgan fingerprint density at radius 2 is 2.00 bits per heavy atom. The molecule has 0 radical (unpaired) electrons. The van der Waals surface area contributed by atoms with Crippen LogP contribution in [-0.2, 0) is 6.54 Å². The molecule has 90 valence electrons. The first-order valence-electron chi connectivity index (χ1n) is 5.82. The van der Waals surface area contributed by atoms with Crippen LogP contribution in [0, 0.1) is 5.92 Å². The van der Waals surface area contributed by atoms with Gasteiger partial charge in [-0.25, -0.2) is 0 Å². The average molecular weight is 305 g/mol. The van der Waals surface area contributed by atoms with Crippen LogP contribution in [0.25, 0.3) is 0 Å². The largest absolute Gasteiger partial charge is 0.312 e. The predicted octanol–water partition coefficient (Wildman–Crippen LogP) is 4.63. The molecule has 0 saturated carbocycles. The maximum atomic E-state index is 6.14. The van der Waals surface area contributed by atoms with Gasteiger partial charge in [0, 0.05) is 16.0 Å². The summed E-state index contributed by atoms with van der Waals surface area (Å²) in [5, 5.41) is 4.29. The zero-order chi connectivity index (χ0) is 12.0. The monoisotopic (exact) mass is 303 g/mol. The van der Waals surface area contributed by atoms with Crippen molar-refractivity contribution < 1.29 is 0 Å². The van der Waals surface area contributed by atoms with Crippen molar-refractivity contribution in [2.24, 2.45) is 5.92 Å². The molecule has 1 aromatic carbocycles. The molecule has 0 aromatic heterocycles. The maximum Gasteiger partial charge on any atom is 0.0462 e. The van der Waals surface area contributed by atoms with Crippen molar-refractivity contribution in [2.45, 2.75) is 33.2 Å². The summed E-state index contributed by atoms with van der Waals surface area (Å²) in [5.74, 6) is 0.772. The molecule has 1 aromatic rings. The first-order chi connectivity index (χ1) is 7.67. The van der Waals surface area contributed by atoms with E-state index in [9.17, 15) is 0 Å². The Hall–Kier alpha value is -0.0500. The van der Waals surface area contributed by atoms with Crippen molar-refractivity contribution in [3.63, 3.8) is 0 Å². The van der Waals surface area contributed by atoms with Gasteiger partial charge in [-0.15, -0.1) is 0 Å². The molecule has 0 unspecified atom stereocenters. The quantitative estimate of drug-likeness (QED) is 0.808. The molecule has 0 saturated heterocycles. The van der Waals surface area contributed by atoms with Crippen LogP contribution >= 0.6 is 27.5 Å². The van der Waals surface area contributed by atoms with Crippen molar-refractivity contribution in [1.29, 1.82) is 0 Å². The molecule has 0 bridgehead atoms. The molecule has 0 amide bonds. The molecule has 0 aliphatic rings. The summed E-state index contributed by atoms with van der Waals surface area (Å²) in [6, 6.07) is 6.03. The minimum absolute atomic E-state index is 0.772. The molecule has 0 atom stereocenters. The van der Waals surface area contributed by atoms with Gasteiger partial charge in [-0.2, -0.15) is 0 Å². The summed E-state index contributed by atoms with van der Waals surface area (Å²) in [7, 11) is 0. The number of nitrogens with one attached hydrogen (secondary N) is 1. The lowest BCUT2D eigenvalue weighted by atomic mass is 10.0. The van der Waals surface area contributed by atoms with E-state index in [1.807, 2.05) is 12.1 Å². The van der Waals surface area contributed by atoms with Gasteiger partial charge < -0.3 is 5.32 Å². The van der Waals surface area contributed by atoms with Crippen LogP contribution in [0.15, 0.2) is 22.7 Å². The third-order valence-corrected chi connectivity index (χ3v) is 3.76. The lowest BCUT2D eigenvalue weighted by Crippen LogP contribution is -2.21. The standard InChI is InChI=1S/C13H19BrClN/c1-3-10(4-2)8-16-9-11-5-6-12(14)7-13(11)15/h5-7,10,16H,3-4,8-9H2,1-2H3. The molecule has 0 aliphatic heterocycles. The van der Waals surface area contributed by atoms with Crippen LogP contribution in [0.5, 0.6) is 0 Å². The van der Waals surface area contributed by atoms with Crippen molar-refractivity contribution >= 4 is 27.5 Å². The second-order valence-electron chi connectivity index (χ2n) is 4.05.